The van der Waals surface area contributed by atoms with Crippen LogP contribution in [0.1, 0.15) is 32.8 Å². The lowest BCUT2D eigenvalue weighted by atomic mass is 9.92. The monoisotopic (exact) mass is 293 g/mol. The van der Waals surface area contributed by atoms with Gasteiger partial charge < -0.3 is 15.8 Å². The predicted molar refractivity (Wildman–Crippen MR) is 84.1 cm³/mol. The van der Waals surface area contributed by atoms with Crippen LogP contribution in [0.15, 0.2) is 23.2 Å². The number of aliphatic imine (C=N–C) groups is 1. The molecule has 1 aromatic carbocycles. The van der Waals surface area contributed by atoms with Gasteiger partial charge in [-0.1, -0.05) is 13.8 Å². The Morgan fingerprint density at radius 1 is 1.48 bits per heavy atom. The first-order chi connectivity index (χ1) is 9.90. The van der Waals surface area contributed by atoms with Gasteiger partial charge in [-0.25, -0.2) is 4.39 Å². The maximum Gasteiger partial charge on any atom is 0.129 e. The molecular formula is C16H24FN3O. The molecule has 1 heterocycles. The molecule has 0 bridgehead atoms. The Morgan fingerprint density at radius 2 is 2.24 bits per heavy atom. The number of rotatable bonds is 5. The largest absolute Gasteiger partial charge is 0.386 e. The molecular weight excluding hydrogens is 269 g/mol. The fourth-order valence-corrected chi connectivity index (χ4v) is 2.43. The van der Waals surface area contributed by atoms with E-state index >= 15 is 0 Å². The van der Waals surface area contributed by atoms with Crippen LogP contribution in [0.5, 0.6) is 0 Å². The highest BCUT2D eigenvalue weighted by molar-refractivity contribution is 5.82. The number of amidine groups is 1. The fraction of sp³-hybridized carbons (Fsp3) is 0.562. The molecule has 0 spiro atoms. The first kappa shape index (κ1) is 15.8. The Balaban J connectivity index is 2.21. The first-order valence-electron chi connectivity index (χ1n) is 7.36. The van der Waals surface area contributed by atoms with Gasteiger partial charge in [0.25, 0.3) is 0 Å². The molecule has 0 saturated heterocycles. The van der Waals surface area contributed by atoms with Gasteiger partial charge in [-0.3, -0.25) is 4.99 Å². The van der Waals surface area contributed by atoms with E-state index in [4.69, 9.17) is 10.5 Å². The van der Waals surface area contributed by atoms with Gasteiger partial charge in [0.2, 0.25) is 0 Å². The molecule has 1 atom stereocenters. The third-order valence-electron chi connectivity index (χ3n) is 3.62. The number of benzene rings is 1. The molecule has 1 aliphatic rings. The molecule has 1 unspecified atom stereocenters. The highest BCUT2D eigenvalue weighted by Gasteiger charge is 2.32. The van der Waals surface area contributed by atoms with Crippen LogP contribution in [-0.4, -0.2) is 25.6 Å². The normalized spacial score (nSPS) is 22.2. The summed E-state index contributed by atoms with van der Waals surface area (Å²) in [6.45, 7) is 7.70. The van der Waals surface area contributed by atoms with Gasteiger partial charge in [0.1, 0.15) is 23.8 Å². The minimum Gasteiger partial charge on any atom is -0.386 e. The van der Waals surface area contributed by atoms with Crippen molar-refractivity contribution < 1.29 is 9.13 Å². The summed E-state index contributed by atoms with van der Waals surface area (Å²) in [7, 11) is 0. The van der Waals surface area contributed by atoms with Crippen molar-refractivity contribution in [1.29, 1.82) is 0 Å². The molecule has 0 fully saturated rings. The summed E-state index contributed by atoms with van der Waals surface area (Å²) in [6.07, 6.45) is 1.07. The summed E-state index contributed by atoms with van der Waals surface area (Å²) in [5.74, 6) is 0.751. The van der Waals surface area contributed by atoms with Crippen LogP contribution in [0, 0.1) is 11.7 Å². The molecule has 2 rings (SSSR count). The predicted octanol–water partition coefficient (Wildman–Crippen LogP) is 2.89. The minimum absolute atomic E-state index is 0.283. The van der Waals surface area contributed by atoms with Gasteiger partial charge in [-0.15, -0.1) is 0 Å². The molecule has 0 radical (unpaired) electrons. The van der Waals surface area contributed by atoms with E-state index in [9.17, 15) is 4.39 Å². The summed E-state index contributed by atoms with van der Waals surface area (Å²) in [5.41, 5.74) is 6.38. The van der Waals surface area contributed by atoms with Crippen molar-refractivity contribution in [1.82, 2.24) is 0 Å². The Hall–Kier alpha value is -1.62. The zero-order valence-electron chi connectivity index (χ0n) is 12.9. The highest BCUT2D eigenvalue weighted by Crippen LogP contribution is 2.32. The van der Waals surface area contributed by atoms with E-state index in [0.29, 0.717) is 30.5 Å². The van der Waals surface area contributed by atoms with E-state index in [0.717, 1.165) is 18.7 Å². The van der Waals surface area contributed by atoms with Gasteiger partial charge in [0, 0.05) is 17.8 Å². The summed E-state index contributed by atoms with van der Waals surface area (Å²) in [4.78, 5) is 4.40. The number of nitrogens with zero attached hydrogens (tertiary/aromatic N) is 1. The van der Waals surface area contributed by atoms with E-state index < -0.39 is 5.54 Å². The average molecular weight is 293 g/mol. The van der Waals surface area contributed by atoms with Crippen molar-refractivity contribution >= 4 is 11.5 Å². The zero-order valence-corrected chi connectivity index (χ0v) is 12.9. The van der Waals surface area contributed by atoms with Crippen molar-refractivity contribution in [2.75, 3.05) is 25.1 Å². The minimum atomic E-state index is -0.762. The standard InChI is InChI=1S/C16H24FN3O/c1-11(2)6-7-19-12-4-5-14(17)13(8-12)16(3)10-21-9-15(18)20-16/h4-5,8,11,19H,6-7,9-10H2,1-3H3,(H2,18,20). The number of anilines is 1. The highest BCUT2D eigenvalue weighted by atomic mass is 19.1. The van der Waals surface area contributed by atoms with Gasteiger partial charge in [-0.05, 0) is 37.5 Å². The number of hydrogen-bond acceptors (Lipinski definition) is 4. The second kappa shape index (κ2) is 6.43. The van der Waals surface area contributed by atoms with E-state index in [1.165, 1.54) is 6.07 Å². The second-order valence-electron chi connectivity index (χ2n) is 6.17. The van der Waals surface area contributed by atoms with Crippen LogP contribution >= 0.6 is 0 Å². The molecule has 4 nitrogen and oxygen atoms in total. The fourth-order valence-electron chi connectivity index (χ4n) is 2.43. The van der Waals surface area contributed by atoms with E-state index in [2.05, 4.69) is 24.2 Å². The molecule has 1 aliphatic heterocycles. The van der Waals surface area contributed by atoms with Crippen LogP contribution in [0.3, 0.4) is 0 Å². The molecule has 0 aromatic heterocycles. The molecule has 1 aromatic rings. The molecule has 21 heavy (non-hydrogen) atoms. The van der Waals surface area contributed by atoms with Gasteiger partial charge in [-0.2, -0.15) is 0 Å². The van der Waals surface area contributed by atoms with Gasteiger partial charge >= 0.3 is 0 Å². The first-order valence-corrected chi connectivity index (χ1v) is 7.36. The SMILES string of the molecule is CC(C)CCNc1ccc(F)c(C2(C)COCC(N)=N2)c1. The topological polar surface area (TPSA) is 59.6 Å². The maximum absolute atomic E-state index is 14.2. The van der Waals surface area contributed by atoms with E-state index in [-0.39, 0.29) is 5.82 Å². The van der Waals surface area contributed by atoms with Crippen molar-refractivity contribution in [2.45, 2.75) is 32.7 Å². The lowest BCUT2D eigenvalue weighted by Gasteiger charge is -2.30. The number of nitrogens with two attached hydrogens (primary N) is 1. The summed E-state index contributed by atoms with van der Waals surface area (Å²) in [5, 5.41) is 3.32. The van der Waals surface area contributed by atoms with E-state index in [1.54, 1.807) is 12.1 Å². The lowest BCUT2D eigenvalue weighted by Crippen LogP contribution is -2.38. The molecule has 0 saturated carbocycles. The van der Waals surface area contributed by atoms with Gasteiger partial charge in [0.15, 0.2) is 0 Å². The van der Waals surface area contributed by atoms with Crippen LogP contribution < -0.4 is 11.1 Å². The molecule has 5 heteroatoms. The summed E-state index contributed by atoms with van der Waals surface area (Å²) in [6, 6.07) is 5.03. The number of hydrogen-bond donors (Lipinski definition) is 2. The molecule has 0 aliphatic carbocycles. The molecule has 3 N–H and O–H groups in total. The Morgan fingerprint density at radius 3 is 2.90 bits per heavy atom. The Bertz CT molecular complexity index is 530. The lowest BCUT2D eigenvalue weighted by molar-refractivity contribution is 0.104. The zero-order chi connectivity index (χ0) is 15.5. The van der Waals surface area contributed by atoms with Crippen LogP contribution in [0.2, 0.25) is 0 Å². The summed E-state index contributed by atoms with van der Waals surface area (Å²) < 4.78 is 19.6. The Kier molecular flexibility index (Phi) is 4.83. The summed E-state index contributed by atoms with van der Waals surface area (Å²) >= 11 is 0. The molecule has 0 amide bonds. The van der Waals surface area contributed by atoms with Crippen molar-refractivity contribution in [2.24, 2.45) is 16.6 Å². The third-order valence-corrected chi connectivity index (χ3v) is 3.62. The van der Waals surface area contributed by atoms with Crippen molar-refractivity contribution in [3.8, 4) is 0 Å². The quantitative estimate of drug-likeness (QED) is 0.877. The van der Waals surface area contributed by atoms with Crippen molar-refractivity contribution in [3.63, 3.8) is 0 Å². The third kappa shape index (κ3) is 3.94. The van der Waals surface area contributed by atoms with Crippen LogP contribution in [-0.2, 0) is 10.3 Å². The van der Waals surface area contributed by atoms with Crippen LogP contribution in [0.25, 0.3) is 0 Å². The Labute approximate surface area is 125 Å². The number of ether oxygens (including phenoxy) is 1. The second-order valence-corrected chi connectivity index (χ2v) is 6.17. The maximum atomic E-state index is 14.2. The smallest absolute Gasteiger partial charge is 0.129 e. The van der Waals surface area contributed by atoms with Crippen LogP contribution in [0.4, 0.5) is 10.1 Å². The van der Waals surface area contributed by atoms with Crippen molar-refractivity contribution in [3.05, 3.63) is 29.6 Å². The average Bonchev–Trinajstić information content (AvgIpc) is 2.40. The molecule has 116 valence electrons. The van der Waals surface area contributed by atoms with E-state index in [1.807, 2.05) is 6.92 Å². The number of halogens is 1. The number of nitrogens with one attached hydrogen (secondary N) is 1. The van der Waals surface area contributed by atoms with Gasteiger partial charge in [0.05, 0.1) is 6.61 Å².